The number of nitrogens with zero attached hydrogens (tertiary/aromatic N) is 1. The Labute approximate surface area is 96.1 Å². The Kier molecular flexibility index (Phi) is 4.52. The van der Waals surface area contributed by atoms with Crippen LogP contribution in [0.3, 0.4) is 0 Å². The number of H-pyrrole nitrogens is 1. The molecule has 0 fully saturated rings. The number of imidazole rings is 1. The normalized spacial score (nSPS) is 11.0. The second-order valence-corrected chi connectivity index (χ2v) is 4.45. The summed E-state index contributed by atoms with van der Waals surface area (Å²) in [5.74, 6) is 0.604. The molecule has 16 heavy (non-hydrogen) atoms. The molecule has 0 saturated heterocycles. The number of rotatable bonds is 6. The zero-order chi connectivity index (χ0) is 12.1. The predicted molar refractivity (Wildman–Crippen MR) is 62.5 cm³/mol. The van der Waals surface area contributed by atoms with Gasteiger partial charge in [-0.2, -0.15) is 0 Å². The standard InChI is InChI=1S/C12H20N2O2/c1-4-9-10(7-8(2)3)14-11(13-9)5-6-12(15)16/h8H,4-7H2,1-3H3,(H,13,14)(H,15,16). The van der Waals surface area contributed by atoms with Gasteiger partial charge in [-0.1, -0.05) is 20.8 Å². The number of carboxylic acid groups (broad SMARTS) is 1. The number of carboxylic acids is 1. The zero-order valence-corrected chi connectivity index (χ0v) is 10.2. The van der Waals surface area contributed by atoms with E-state index >= 15 is 0 Å². The van der Waals surface area contributed by atoms with Crippen molar-refractivity contribution in [3.05, 3.63) is 17.2 Å². The van der Waals surface area contributed by atoms with E-state index in [1.807, 2.05) is 0 Å². The molecule has 0 aliphatic carbocycles. The van der Waals surface area contributed by atoms with Crippen molar-refractivity contribution in [1.82, 2.24) is 9.97 Å². The second-order valence-electron chi connectivity index (χ2n) is 4.45. The fraction of sp³-hybridized carbons (Fsp3) is 0.667. The summed E-state index contributed by atoms with van der Waals surface area (Å²) >= 11 is 0. The highest BCUT2D eigenvalue weighted by Crippen LogP contribution is 2.13. The lowest BCUT2D eigenvalue weighted by atomic mass is 10.1. The minimum Gasteiger partial charge on any atom is -0.481 e. The molecule has 1 aromatic rings. The van der Waals surface area contributed by atoms with Crippen molar-refractivity contribution in [3.63, 3.8) is 0 Å². The van der Waals surface area contributed by atoms with Crippen LogP contribution < -0.4 is 0 Å². The van der Waals surface area contributed by atoms with E-state index in [-0.39, 0.29) is 6.42 Å². The summed E-state index contributed by atoms with van der Waals surface area (Å²) in [6, 6.07) is 0. The molecule has 0 aliphatic heterocycles. The molecule has 1 rings (SSSR count). The third-order valence-electron chi connectivity index (χ3n) is 2.44. The van der Waals surface area contributed by atoms with Crippen LogP contribution in [0.5, 0.6) is 0 Å². The Hall–Kier alpha value is -1.32. The van der Waals surface area contributed by atoms with Gasteiger partial charge in [0.2, 0.25) is 0 Å². The molecule has 0 aromatic carbocycles. The lowest BCUT2D eigenvalue weighted by Crippen LogP contribution is -1.99. The Morgan fingerprint density at radius 2 is 2.19 bits per heavy atom. The topological polar surface area (TPSA) is 66.0 Å². The van der Waals surface area contributed by atoms with Gasteiger partial charge in [0.25, 0.3) is 0 Å². The van der Waals surface area contributed by atoms with Crippen molar-refractivity contribution in [2.75, 3.05) is 0 Å². The fourth-order valence-electron chi connectivity index (χ4n) is 1.72. The third-order valence-corrected chi connectivity index (χ3v) is 2.44. The number of aromatic amines is 1. The predicted octanol–water partition coefficient (Wildman–Crippen LogP) is 2.19. The minimum atomic E-state index is -0.778. The Balaban J connectivity index is 2.72. The lowest BCUT2D eigenvalue weighted by molar-refractivity contribution is -0.137. The van der Waals surface area contributed by atoms with Crippen LogP contribution in [0.2, 0.25) is 0 Å². The average molecular weight is 224 g/mol. The number of hydrogen-bond acceptors (Lipinski definition) is 2. The van der Waals surface area contributed by atoms with Gasteiger partial charge in [-0.3, -0.25) is 4.79 Å². The average Bonchev–Trinajstić information content (AvgIpc) is 2.56. The van der Waals surface area contributed by atoms with E-state index in [2.05, 4.69) is 30.7 Å². The van der Waals surface area contributed by atoms with Crippen molar-refractivity contribution >= 4 is 5.97 Å². The van der Waals surface area contributed by atoms with Crippen molar-refractivity contribution in [2.24, 2.45) is 5.92 Å². The van der Waals surface area contributed by atoms with Crippen molar-refractivity contribution in [3.8, 4) is 0 Å². The van der Waals surface area contributed by atoms with Crippen LogP contribution >= 0.6 is 0 Å². The van der Waals surface area contributed by atoms with Crippen LogP contribution in [0.4, 0.5) is 0 Å². The summed E-state index contributed by atoms with van der Waals surface area (Å²) in [5, 5.41) is 8.61. The number of aryl methyl sites for hydroxylation is 2. The molecule has 0 saturated carbocycles. The van der Waals surface area contributed by atoms with E-state index in [0.29, 0.717) is 12.3 Å². The molecule has 0 aliphatic rings. The summed E-state index contributed by atoms with van der Waals surface area (Å²) in [6.45, 7) is 6.40. The van der Waals surface area contributed by atoms with E-state index in [1.54, 1.807) is 0 Å². The molecule has 2 N–H and O–H groups in total. The molecular weight excluding hydrogens is 204 g/mol. The Morgan fingerprint density at radius 3 is 2.69 bits per heavy atom. The maximum atomic E-state index is 10.5. The zero-order valence-electron chi connectivity index (χ0n) is 10.2. The third kappa shape index (κ3) is 3.68. The van der Waals surface area contributed by atoms with Crippen LogP contribution in [0.25, 0.3) is 0 Å². The summed E-state index contributed by atoms with van der Waals surface area (Å²) in [7, 11) is 0. The number of aliphatic carboxylic acids is 1. The molecule has 1 aromatic heterocycles. The molecule has 0 bridgehead atoms. The van der Waals surface area contributed by atoms with Crippen LogP contribution in [0, 0.1) is 5.92 Å². The Morgan fingerprint density at radius 1 is 1.50 bits per heavy atom. The van der Waals surface area contributed by atoms with E-state index in [9.17, 15) is 4.79 Å². The summed E-state index contributed by atoms with van der Waals surface area (Å²) < 4.78 is 0. The second kappa shape index (κ2) is 5.68. The van der Waals surface area contributed by atoms with Crippen molar-refractivity contribution in [1.29, 1.82) is 0 Å². The highest BCUT2D eigenvalue weighted by atomic mass is 16.4. The maximum absolute atomic E-state index is 10.5. The highest BCUT2D eigenvalue weighted by molar-refractivity contribution is 5.66. The molecule has 0 unspecified atom stereocenters. The fourth-order valence-corrected chi connectivity index (χ4v) is 1.72. The lowest BCUT2D eigenvalue weighted by Gasteiger charge is -2.03. The van der Waals surface area contributed by atoms with Crippen molar-refractivity contribution < 1.29 is 9.90 Å². The molecule has 0 spiro atoms. The van der Waals surface area contributed by atoms with Crippen LogP contribution in [-0.4, -0.2) is 21.0 Å². The summed E-state index contributed by atoms with van der Waals surface area (Å²) in [5.41, 5.74) is 2.24. The van der Waals surface area contributed by atoms with Gasteiger partial charge >= 0.3 is 5.97 Å². The van der Waals surface area contributed by atoms with E-state index in [1.165, 1.54) is 0 Å². The molecule has 4 nitrogen and oxygen atoms in total. The van der Waals surface area contributed by atoms with Crippen molar-refractivity contribution in [2.45, 2.75) is 46.5 Å². The summed E-state index contributed by atoms with van der Waals surface area (Å²) in [6.07, 6.45) is 2.49. The first kappa shape index (κ1) is 12.7. The number of hydrogen-bond donors (Lipinski definition) is 2. The monoisotopic (exact) mass is 224 g/mol. The molecular formula is C12H20N2O2. The highest BCUT2D eigenvalue weighted by Gasteiger charge is 2.10. The van der Waals surface area contributed by atoms with Gasteiger partial charge in [-0.15, -0.1) is 0 Å². The van der Waals surface area contributed by atoms with Crippen LogP contribution in [-0.2, 0) is 24.1 Å². The molecule has 0 radical (unpaired) electrons. The molecule has 4 heteroatoms. The maximum Gasteiger partial charge on any atom is 0.303 e. The van der Waals surface area contributed by atoms with E-state index in [4.69, 9.17) is 5.11 Å². The first-order valence-electron chi connectivity index (χ1n) is 5.81. The van der Waals surface area contributed by atoms with Gasteiger partial charge < -0.3 is 10.1 Å². The van der Waals surface area contributed by atoms with Crippen LogP contribution in [0.15, 0.2) is 0 Å². The van der Waals surface area contributed by atoms with E-state index < -0.39 is 5.97 Å². The smallest absolute Gasteiger partial charge is 0.303 e. The van der Waals surface area contributed by atoms with Crippen LogP contribution in [0.1, 0.15) is 44.4 Å². The summed E-state index contributed by atoms with van der Waals surface area (Å²) in [4.78, 5) is 18.1. The van der Waals surface area contributed by atoms with Gasteiger partial charge in [-0.25, -0.2) is 4.98 Å². The minimum absolute atomic E-state index is 0.137. The SMILES string of the molecule is CCc1nc(CCC(=O)O)[nH]c1CC(C)C. The first-order chi connectivity index (χ1) is 7.52. The molecule has 0 amide bonds. The number of nitrogens with one attached hydrogen (secondary N) is 1. The molecule has 1 heterocycles. The Bertz CT molecular complexity index is 356. The largest absolute Gasteiger partial charge is 0.481 e. The van der Waals surface area contributed by atoms with Gasteiger partial charge in [0.15, 0.2) is 0 Å². The molecule has 0 atom stereocenters. The van der Waals surface area contributed by atoms with Gasteiger partial charge in [0.1, 0.15) is 5.82 Å². The van der Waals surface area contributed by atoms with E-state index in [0.717, 1.165) is 30.1 Å². The quantitative estimate of drug-likeness (QED) is 0.778. The van der Waals surface area contributed by atoms with Gasteiger partial charge in [-0.05, 0) is 18.8 Å². The molecule has 90 valence electrons. The van der Waals surface area contributed by atoms with Gasteiger partial charge in [0.05, 0.1) is 12.1 Å². The number of aromatic nitrogens is 2. The number of carbonyl (C=O) groups is 1. The first-order valence-corrected chi connectivity index (χ1v) is 5.81. The van der Waals surface area contributed by atoms with Gasteiger partial charge in [0, 0.05) is 12.1 Å².